The maximum absolute atomic E-state index is 11.0. The van der Waals surface area contributed by atoms with Crippen LogP contribution in [0, 0.1) is 6.57 Å². The van der Waals surface area contributed by atoms with E-state index in [4.69, 9.17) is 25.5 Å². The molecule has 2 heterocycles. The highest BCUT2D eigenvalue weighted by atomic mass is 16.7. The number of hydrogen-bond donors (Lipinski definition) is 0. The summed E-state index contributed by atoms with van der Waals surface area (Å²) < 4.78 is 21.0. The first-order valence-electron chi connectivity index (χ1n) is 5.51. The van der Waals surface area contributed by atoms with Crippen molar-refractivity contribution in [3.05, 3.63) is 4.85 Å². The van der Waals surface area contributed by atoms with E-state index in [0.29, 0.717) is 0 Å². The van der Waals surface area contributed by atoms with Gasteiger partial charge in [0.2, 0.25) is 12.2 Å². The lowest BCUT2D eigenvalue weighted by Gasteiger charge is -2.16. The highest BCUT2D eigenvalue weighted by molar-refractivity contribution is 5.67. The minimum Gasteiger partial charge on any atom is -0.457 e. The minimum absolute atomic E-state index is 0.0999. The van der Waals surface area contributed by atoms with Crippen molar-refractivity contribution in [2.45, 2.75) is 37.9 Å². The number of carbonyl (C=O) groups excluding carboxylic acids is 2. The minimum atomic E-state index is -1.29. The topological polar surface area (TPSA) is 75.4 Å². The maximum atomic E-state index is 11.0. The summed E-state index contributed by atoms with van der Waals surface area (Å²) in [4.78, 5) is 25.6. The largest absolute Gasteiger partial charge is 0.457 e. The van der Waals surface area contributed by atoms with Crippen molar-refractivity contribution in [2.75, 3.05) is 13.2 Å². The predicted octanol–water partition coefficient (Wildman–Crippen LogP) is -0.0622. The molecule has 0 aliphatic carbocycles. The van der Waals surface area contributed by atoms with E-state index in [2.05, 4.69) is 4.85 Å². The Balaban J connectivity index is 2.18. The Morgan fingerprint density at radius 3 is 2.50 bits per heavy atom. The molecule has 2 aliphatic heterocycles. The molecule has 0 spiro atoms. The number of esters is 2. The summed E-state index contributed by atoms with van der Waals surface area (Å²) in [7, 11) is 0. The molecule has 18 heavy (non-hydrogen) atoms. The van der Waals surface area contributed by atoms with Crippen LogP contribution in [-0.4, -0.2) is 49.2 Å². The molecule has 2 fully saturated rings. The lowest BCUT2D eigenvalue weighted by Crippen LogP contribution is -2.46. The molecule has 7 heteroatoms. The highest BCUT2D eigenvalue weighted by Crippen LogP contribution is 2.41. The number of hydrogen-bond acceptors (Lipinski definition) is 6. The molecule has 0 unspecified atom stereocenters. The summed E-state index contributed by atoms with van der Waals surface area (Å²) in [6.45, 7) is 8.12. The van der Waals surface area contributed by atoms with Crippen molar-refractivity contribution in [1.29, 1.82) is 0 Å². The van der Waals surface area contributed by atoms with Crippen molar-refractivity contribution in [1.82, 2.24) is 0 Å². The van der Waals surface area contributed by atoms with E-state index in [-0.39, 0.29) is 13.2 Å². The van der Waals surface area contributed by atoms with Crippen LogP contribution in [0.15, 0.2) is 0 Å². The average Bonchev–Trinajstić information content (AvgIpc) is 2.78. The van der Waals surface area contributed by atoms with Gasteiger partial charge in [0.15, 0.2) is 6.10 Å². The van der Waals surface area contributed by atoms with Crippen LogP contribution in [-0.2, 0) is 28.5 Å². The van der Waals surface area contributed by atoms with Gasteiger partial charge in [-0.25, -0.2) is 0 Å². The molecule has 0 saturated carbocycles. The second-order valence-corrected chi connectivity index (χ2v) is 4.19. The van der Waals surface area contributed by atoms with E-state index >= 15 is 0 Å². The monoisotopic (exact) mass is 256 g/mol. The summed E-state index contributed by atoms with van der Waals surface area (Å²) >= 11 is 0. The Labute approximate surface area is 104 Å². The zero-order chi connectivity index (χ0) is 13.3. The number of nitrogens with zero attached hydrogens (tertiary/aromatic N) is 1. The lowest BCUT2D eigenvalue weighted by molar-refractivity contribution is -0.155. The number of ether oxygens (including phenoxy) is 4. The van der Waals surface area contributed by atoms with E-state index in [1.165, 1.54) is 13.8 Å². The van der Waals surface area contributed by atoms with Crippen molar-refractivity contribution in [3.8, 4) is 6.57 Å². The molecule has 0 N–H and O–H groups in total. The third kappa shape index (κ3) is 1.94. The van der Waals surface area contributed by atoms with Gasteiger partial charge in [0.25, 0.3) is 6.57 Å². The van der Waals surface area contributed by atoms with E-state index < -0.39 is 36.0 Å². The van der Waals surface area contributed by atoms with E-state index in [0.717, 1.165) is 0 Å². The smallest absolute Gasteiger partial charge is 0.453 e. The molecule has 2 saturated heterocycles. The van der Waals surface area contributed by atoms with Gasteiger partial charge < -0.3 is 14.2 Å². The Morgan fingerprint density at radius 2 is 1.94 bits per heavy atom. The fraction of sp³-hybridized carbons (Fsp3) is 0.727. The molecule has 2 aliphatic rings. The first-order valence-corrected chi connectivity index (χ1v) is 5.51. The van der Waals surface area contributed by atoms with Crippen LogP contribution in [0.2, 0.25) is 0 Å². The van der Waals surface area contributed by atoms with Crippen LogP contribution in [0.4, 0.5) is 0 Å². The fourth-order valence-corrected chi connectivity index (χ4v) is 2.29. The fourth-order valence-electron chi connectivity index (χ4n) is 2.29. The van der Waals surface area contributed by atoms with Crippen LogP contribution in [0.25, 0.3) is 4.85 Å². The van der Waals surface area contributed by atoms with Gasteiger partial charge in [0, 0.05) is 13.8 Å². The normalized spacial score (nSPS) is 37.7. The third-order valence-electron chi connectivity index (χ3n) is 2.94. The van der Waals surface area contributed by atoms with Gasteiger partial charge >= 0.3 is 17.7 Å². The zero-order valence-electron chi connectivity index (χ0n) is 10.1. The van der Waals surface area contributed by atoms with Crippen LogP contribution < -0.4 is 0 Å². The van der Waals surface area contributed by atoms with Gasteiger partial charge in [0.1, 0.15) is 0 Å². The Morgan fingerprint density at radius 1 is 1.28 bits per heavy atom. The molecule has 7 nitrogen and oxygen atoms in total. The summed E-state index contributed by atoms with van der Waals surface area (Å²) in [6, 6.07) is 0. The third-order valence-corrected chi connectivity index (χ3v) is 2.94. The van der Waals surface area contributed by atoms with Crippen LogP contribution in [0.5, 0.6) is 0 Å². The zero-order valence-corrected chi connectivity index (χ0v) is 10.1. The molecular weight excluding hydrogens is 242 g/mol. The van der Waals surface area contributed by atoms with Crippen molar-refractivity contribution in [3.63, 3.8) is 0 Å². The summed E-state index contributed by atoms with van der Waals surface area (Å²) in [5, 5.41) is 0. The highest BCUT2D eigenvalue weighted by Gasteiger charge is 2.72. The van der Waals surface area contributed by atoms with Gasteiger partial charge in [-0.05, 0) is 4.85 Å². The number of rotatable bonds is 2. The van der Waals surface area contributed by atoms with Gasteiger partial charge in [-0.1, -0.05) is 0 Å². The van der Waals surface area contributed by atoms with Crippen LogP contribution >= 0.6 is 0 Å². The molecule has 2 rings (SSSR count). The van der Waals surface area contributed by atoms with Crippen molar-refractivity contribution in [2.24, 2.45) is 0 Å². The van der Waals surface area contributed by atoms with Gasteiger partial charge in [-0.15, -0.1) is 0 Å². The molecule has 0 aromatic heterocycles. The van der Waals surface area contributed by atoms with E-state index in [1.54, 1.807) is 0 Å². The molecule has 0 aromatic carbocycles. The number of fused-ring (bicyclic) bond motifs is 1. The molecule has 0 aromatic rings. The van der Waals surface area contributed by atoms with Crippen LogP contribution in [0.1, 0.15) is 13.8 Å². The summed E-state index contributed by atoms with van der Waals surface area (Å²) in [6.07, 6.45) is -1.99. The van der Waals surface area contributed by atoms with Crippen LogP contribution in [0.3, 0.4) is 0 Å². The molecular formula is C11H14NO6+. The second-order valence-electron chi connectivity index (χ2n) is 4.19. The SMILES string of the molecule is C#[N+][C@]12OC[C@H](OC(C)=O)[C@H]1OC[C@H]2OC(C)=O. The molecule has 0 radical (unpaired) electrons. The van der Waals surface area contributed by atoms with Gasteiger partial charge in [-0.2, -0.15) is 0 Å². The predicted molar refractivity (Wildman–Crippen MR) is 57.8 cm³/mol. The Bertz CT molecular complexity index is 416. The first-order chi connectivity index (χ1) is 8.49. The van der Waals surface area contributed by atoms with E-state index in [9.17, 15) is 9.59 Å². The van der Waals surface area contributed by atoms with Crippen molar-refractivity contribution >= 4 is 11.9 Å². The molecule has 0 amide bonds. The van der Waals surface area contributed by atoms with Gasteiger partial charge in [-0.3, -0.25) is 14.3 Å². The Hall–Kier alpha value is -1.65. The summed E-state index contributed by atoms with van der Waals surface area (Å²) in [5.74, 6) is -0.928. The molecule has 4 atom stereocenters. The second kappa shape index (κ2) is 4.55. The Kier molecular flexibility index (Phi) is 3.24. The standard InChI is InChI=1S/C11H14NO6/c1-6(13)17-8-4-16-11(12-3)9(18-7(2)14)5-15-10(8)11/h3,8-10H,4-5H2,1-2H3/q+1/t8-,9+,10+,11+/m0/s1. The number of carbonyl (C=O) groups is 2. The lowest BCUT2D eigenvalue weighted by atomic mass is 10.0. The molecule has 98 valence electrons. The van der Waals surface area contributed by atoms with E-state index in [1.807, 2.05) is 0 Å². The van der Waals surface area contributed by atoms with Gasteiger partial charge in [0.05, 0.1) is 13.2 Å². The quantitative estimate of drug-likeness (QED) is 0.644. The molecule has 0 bridgehead atoms. The summed E-state index contributed by atoms with van der Waals surface area (Å²) in [5.41, 5.74) is -1.29. The first kappa shape index (κ1) is 12.8. The maximum Gasteiger partial charge on any atom is 0.453 e. The average molecular weight is 256 g/mol. The van der Waals surface area contributed by atoms with Crippen molar-refractivity contribution < 1.29 is 28.5 Å².